The number of pyridine rings is 1. The Balaban J connectivity index is 2.74. The van der Waals surface area contributed by atoms with Crippen LogP contribution in [0.25, 0.3) is 16.5 Å². The summed E-state index contributed by atoms with van der Waals surface area (Å²) in [6, 6.07) is 3.61. The molecule has 0 aromatic carbocycles. The Labute approximate surface area is 81.7 Å². The van der Waals surface area contributed by atoms with E-state index in [0.717, 1.165) is 5.69 Å². The van der Waals surface area contributed by atoms with Crippen molar-refractivity contribution in [1.82, 2.24) is 4.98 Å². The van der Waals surface area contributed by atoms with Crippen LogP contribution < -0.4 is 4.74 Å². The third kappa shape index (κ3) is 2.80. The third-order valence-electron chi connectivity index (χ3n) is 1.55. The number of hydrogen-bond donors (Lipinski definition) is 0. The highest BCUT2D eigenvalue weighted by molar-refractivity contribution is 5.52. The number of ether oxygens (including phenoxy) is 1. The van der Waals surface area contributed by atoms with Gasteiger partial charge in [-0.2, -0.15) is 0 Å². The molecule has 1 heterocycles. The molecular formula is C9H10N4O. The molecule has 0 aliphatic heterocycles. The summed E-state index contributed by atoms with van der Waals surface area (Å²) >= 11 is 0. The Morgan fingerprint density at radius 1 is 1.71 bits per heavy atom. The lowest BCUT2D eigenvalue weighted by atomic mass is 10.3. The Morgan fingerprint density at radius 2 is 2.57 bits per heavy atom. The monoisotopic (exact) mass is 190 g/mol. The van der Waals surface area contributed by atoms with Gasteiger partial charge in [0.1, 0.15) is 11.4 Å². The van der Waals surface area contributed by atoms with Crippen molar-refractivity contribution < 1.29 is 4.74 Å². The maximum atomic E-state index is 8.05. The first-order valence-electron chi connectivity index (χ1n) is 4.05. The fourth-order valence-corrected chi connectivity index (χ4v) is 0.949. The van der Waals surface area contributed by atoms with Crippen molar-refractivity contribution in [3.8, 4) is 5.75 Å². The van der Waals surface area contributed by atoms with Gasteiger partial charge in [-0.1, -0.05) is 11.2 Å². The molecule has 0 fully saturated rings. The van der Waals surface area contributed by atoms with Gasteiger partial charge >= 0.3 is 0 Å². The number of azide groups is 1. The van der Waals surface area contributed by atoms with E-state index in [1.165, 1.54) is 0 Å². The van der Waals surface area contributed by atoms with Crippen LogP contribution in [0.1, 0.15) is 5.69 Å². The van der Waals surface area contributed by atoms with Gasteiger partial charge in [0.15, 0.2) is 0 Å². The molecule has 0 saturated heterocycles. The van der Waals surface area contributed by atoms with Crippen molar-refractivity contribution in [2.45, 2.75) is 0 Å². The molecule has 0 amide bonds. The first-order chi connectivity index (χ1) is 6.88. The highest BCUT2D eigenvalue weighted by Gasteiger charge is 1.96. The first kappa shape index (κ1) is 10.1. The standard InChI is InChI=1S/C9H10N4O/c1-14-9-5-3-6-11-8(9)4-2-7-12-13-10/h2-6H,7H2,1H3. The van der Waals surface area contributed by atoms with Crippen LogP contribution in [0.15, 0.2) is 29.5 Å². The molecule has 0 aliphatic carbocycles. The normalized spacial score (nSPS) is 9.79. The van der Waals surface area contributed by atoms with Crippen LogP contribution in [0.5, 0.6) is 5.75 Å². The van der Waals surface area contributed by atoms with Gasteiger partial charge in [-0.25, -0.2) is 0 Å². The van der Waals surface area contributed by atoms with Crippen molar-refractivity contribution in [1.29, 1.82) is 0 Å². The van der Waals surface area contributed by atoms with Gasteiger partial charge in [0.05, 0.1) is 7.11 Å². The number of hydrogen-bond acceptors (Lipinski definition) is 3. The lowest BCUT2D eigenvalue weighted by Gasteiger charge is -2.01. The van der Waals surface area contributed by atoms with Crippen LogP contribution >= 0.6 is 0 Å². The predicted molar refractivity (Wildman–Crippen MR) is 53.8 cm³/mol. The van der Waals surface area contributed by atoms with E-state index < -0.39 is 0 Å². The number of methoxy groups -OCH3 is 1. The van der Waals surface area contributed by atoms with Crippen molar-refractivity contribution in [3.63, 3.8) is 0 Å². The van der Waals surface area contributed by atoms with Crippen molar-refractivity contribution in [2.75, 3.05) is 13.7 Å². The fourth-order valence-electron chi connectivity index (χ4n) is 0.949. The molecule has 72 valence electrons. The zero-order valence-corrected chi connectivity index (χ0v) is 7.79. The molecule has 0 atom stereocenters. The molecule has 0 radical (unpaired) electrons. The zero-order chi connectivity index (χ0) is 10.2. The van der Waals surface area contributed by atoms with Crippen molar-refractivity contribution >= 4 is 6.08 Å². The number of rotatable bonds is 4. The summed E-state index contributed by atoms with van der Waals surface area (Å²) < 4.78 is 5.09. The van der Waals surface area contributed by atoms with Crippen LogP contribution in [0.4, 0.5) is 0 Å². The van der Waals surface area contributed by atoms with E-state index in [9.17, 15) is 0 Å². The SMILES string of the molecule is COc1cccnc1C=CCN=[N+]=[N-]. The predicted octanol–water partition coefficient (Wildman–Crippen LogP) is 2.41. The smallest absolute Gasteiger partial charge is 0.144 e. The summed E-state index contributed by atoms with van der Waals surface area (Å²) in [6.45, 7) is 0.316. The van der Waals surface area contributed by atoms with Crippen molar-refractivity contribution in [2.24, 2.45) is 5.11 Å². The van der Waals surface area contributed by atoms with Crippen LogP contribution in [0.3, 0.4) is 0 Å². The molecule has 1 rings (SSSR count). The molecule has 5 heteroatoms. The Kier molecular flexibility index (Phi) is 4.04. The minimum absolute atomic E-state index is 0.316. The number of aromatic nitrogens is 1. The molecule has 1 aromatic rings. The quantitative estimate of drug-likeness (QED) is 0.415. The van der Waals surface area contributed by atoms with E-state index in [1.54, 1.807) is 31.5 Å². The van der Waals surface area contributed by atoms with Gasteiger partial charge in [-0.3, -0.25) is 4.98 Å². The summed E-state index contributed by atoms with van der Waals surface area (Å²) in [5, 5.41) is 3.37. The topological polar surface area (TPSA) is 70.9 Å². The molecular weight excluding hydrogens is 180 g/mol. The van der Waals surface area contributed by atoms with Crippen LogP contribution in [0.2, 0.25) is 0 Å². The molecule has 0 bridgehead atoms. The van der Waals surface area contributed by atoms with Crippen LogP contribution in [-0.4, -0.2) is 18.6 Å². The van der Waals surface area contributed by atoms with Gasteiger partial charge in [0.2, 0.25) is 0 Å². The Hall–Kier alpha value is -2.00. The van der Waals surface area contributed by atoms with Gasteiger partial charge in [0, 0.05) is 17.7 Å². The lowest BCUT2D eigenvalue weighted by Crippen LogP contribution is -1.88. The minimum Gasteiger partial charge on any atom is -0.494 e. The molecule has 0 saturated carbocycles. The van der Waals surface area contributed by atoms with Gasteiger partial charge < -0.3 is 4.74 Å². The first-order valence-corrected chi connectivity index (χ1v) is 4.05. The average Bonchev–Trinajstić information content (AvgIpc) is 2.25. The van der Waals surface area contributed by atoms with Gasteiger partial charge in [-0.05, 0) is 23.7 Å². The second-order valence-corrected chi connectivity index (χ2v) is 2.41. The van der Waals surface area contributed by atoms with Gasteiger partial charge in [-0.15, -0.1) is 0 Å². The maximum Gasteiger partial charge on any atom is 0.144 e. The van der Waals surface area contributed by atoms with E-state index in [-0.39, 0.29) is 0 Å². The Morgan fingerprint density at radius 3 is 3.29 bits per heavy atom. The average molecular weight is 190 g/mol. The third-order valence-corrected chi connectivity index (χ3v) is 1.55. The number of nitrogens with zero attached hydrogens (tertiary/aromatic N) is 4. The van der Waals surface area contributed by atoms with Gasteiger partial charge in [0.25, 0.3) is 0 Å². The zero-order valence-electron chi connectivity index (χ0n) is 7.79. The van der Waals surface area contributed by atoms with E-state index in [1.807, 2.05) is 6.07 Å². The summed E-state index contributed by atoms with van der Waals surface area (Å²) in [6.07, 6.45) is 5.16. The van der Waals surface area contributed by atoms with E-state index >= 15 is 0 Å². The van der Waals surface area contributed by atoms with E-state index in [0.29, 0.717) is 12.3 Å². The minimum atomic E-state index is 0.316. The second-order valence-electron chi connectivity index (χ2n) is 2.41. The highest BCUT2D eigenvalue weighted by atomic mass is 16.5. The van der Waals surface area contributed by atoms with Crippen LogP contribution in [-0.2, 0) is 0 Å². The van der Waals surface area contributed by atoms with E-state index in [2.05, 4.69) is 15.0 Å². The van der Waals surface area contributed by atoms with Crippen molar-refractivity contribution in [3.05, 3.63) is 40.5 Å². The fraction of sp³-hybridized carbons (Fsp3) is 0.222. The largest absolute Gasteiger partial charge is 0.494 e. The molecule has 1 aromatic heterocycles. The molecule has 0 aliphatic rings. The highest BCUT2D eigenvalue weighted by Crippen LogP contribution is 2.15. The van der Waals surface area contributed by atoms with E-state index in [4.69, 9.17) is 10.3 Å². The molecule has 5 nitrogen and oxygen atoms in total. The molecule has 14 heavy (non-hydrogen) atoms. The summed E-state index contributed by atoms with van der Waals surface area (Å²) in [4.78, 5) is 6.73. The lowest BCUT2D eigenvalue weighted by molar-refractivity contribution is 0.412. The molecule has 0 N–H and O–H groups in total. The maximum absolute atomic E-state index is 8.05. The Bertz CT molecular complexity index is 369. The molecule has 0 unspecified atom stereocenters. The van der Waals surface area contributed by atoms with Crippen LogP contribution in [0, 0.1) is 0 Å². The summed E-state index contributed by atoms with van der Waals surface area (Å²) in [5.74, 6) is 0.699. The second kappa shape index (κ2) is 5.61. The molecule has 0 spiro atoms. The summed E-state index contributed by atoms with van der Waals surface area (Å²) in [7, 11) is 1.59. The summed E-state index contributed by atoms with van der Waals surface area (Å²) in [5.41, 5.74) is 8.77.